The van der Waals surface area contributed by atoms with Gasteiger partial charge < -0.3 is 15.4 Å². The first kappa shape index (κ1) is 26.8. The molecule has 0 unspecified atom stereocenters. The van der Waals surface area contributed by atoms with Gasteiger partial charge in [-0.05, 0) is 71.3 Å². The van der Waals surface area contributed by atoms with E-state index in [1.807, 2.05) is 0 Å². The van der Waals surface area contributed by atoms with Crippen molar-refractivity contribution in [3.05, 3.63) is 58.1 Å². The predicted molar refractivity (Wildman–Crippen MR) is 141 cm³/mol. The molecule has 0 bridgehead atoms. The van der Waals surface area contributed by atoms with E-state index in [0.29, 0.717) is 40.2 Å². The van der Waals surface area contributed by atoms with Gasteiger partial charge in [0.05, 0.1) is 22.3 Å². The number of thiocarbonyl (C=S) groups is 1. The van der Waals surface area contributed by atoms with Crippen LogP contribution in [0.25, 0.3) is 0 Å². The lowest BCUT2D eigenvalue weighted by molar-refractivity contribution is 0.0952. The fraction of sp³-hybridized carbons (Fsp3) is 0.400. The lowest BCUT2D eigenvalue weighted by Crippen LogP contribution is -2.35. The van der Waals surface area contributed by atoms with Crippen LogP contribution in [-0.4, -0.2) is 30.1 Å². The Morgan fingerprint density at radius 3 is 2.45 bits per heavy atom. The summed E-state index contributed by atoms with van der Waals surface area (Å²) < 4.78 is 6.50. The van der Waals surface area contributed by atoms with Crippen molar-refractivity contribution in [1.29, 1.82) is 0 Å². The summed E-state index contributed by atoms with van der Waals surface area (Å²) in [6.07, 6.45) is 6.43. The van der Waals surface area contributed by atoms with Gasteiger partial charge in [0.15, 0.2) is 5.11 Å². The van der Waals surface area contributed by atoms with E-state index in [0.717, 1.165) is 25.7 Å². The number of para-hydroxylation sites is 1. The molecule has 2 aromatic rings. The van der Waals surface area contributed by atoms with Crippen LogP contribution in [0.4, 0.5) is 5.69 Å². The number of halogens is 1. The maximum atomic E-state index is 12.7. The van der Waals surface area contributed by atoms with Crippen LogP contribution in [0.3, 0.4) is 0 Å². The topological polar surface area (TPSA) is 79.5 Å². The molecule has 0 aliphatic carbocycles. The molecule has 0 aliphatic rings. The molecule has 0 saturated heterocycles. The number of nitrogens with one attached hydrogen (secondary N) is 3. The molecular formula is C25H32BrN3O3S. The van der Waals surface area contributed by atoms with Crippen molar-refractivity contribution in [2.24, 2.45) is 0 Å². The van der Waals surface area contributed by atoms with E-state index in [2.05, 4.69) is 45.7 Å². The Morgan fingerprint density at radius 2 is 1.73 bits per heavy atom. The molecule has 6 nitrogen and oxygen atoms in total. The van der Waals surface area contributed by atoms with Gasteiger partial charge in [-0.3, -0.25) is 14.9 Å². The number of anilines is 1. The molecule has 0 heterocycles. The van der Waals surface area contributed by atoms with Crippen LogP contribution in [0.2, 0.25) is 0 Å². The number of unbranched alkanes of at least 4 members (excludes halogenated alkanes) is 4. The highest BCUT2D eigenvalue weighted by Gasteiger charge is 2.14. The minimum atomic E-state index is -0.354. The first-order valence-electron chi connectivity index (χ1n) is 11.4. The minimum Gasteiger partial charge on any atom is -0.492 e. The largest absolute Gasteiger partial charge is 0.492 e. The third-order valence-electron chi connectivity index (χ3n) is 4.91. The smallest absolute Gasteiger partial charge is 0.257 e. The molecule has 0 spiro atoms. The minimum absolute atomic E-state index is 0.112. The van der Waals surface area contributed by atoms with Crippen LogP contribution < -0.4 is 20.7 Å². The Kier molecular flexibility index (Phi) is 11.9. The average Bonchev–Trinajstić information content (AvgIpc) is 2.80. The highest BCUT2D eigenvalue weighted by molar-refractivity contribution is 9.10. The van der Waals surface area contributed by atoms with Crippen molar-refractivity contribution in [2.75, 3.05) is 18.5 Å². The quantitative estimate of drug-likeness (QED) is 0.228. The van der Waals surface area contributed by atoms with Gasteiger partial charge in [0.1, 0.15) is 5.75 Å². The van der Waals surface area contributed by atoms with Crippen LogP contribution in [0.5, 0.6) is 5.75 Å². The SMILES string of the molecule is CCCCCCOc1ccc(C(=O)NC(=S)Nc2ccccc2C(=O)NCCCC)cc1Br. The summed E-state index contributed by atoms with van der Waals surface area (Å²) in [4.78, 5) is 25.1. The summed E-state index contributed by atoms with van der Waals surface area (Å²) in [6.45, 7) is 5.49. The van der Waals surface area contributed by atoms with Gasteiger partial charge in [-0.15, -0.1) is 0 Å². The Labute approximate surface area is 210 Å². The number of hydrogen-bond donors (Lipinski definition) is 3. The number of carbonyl (C=O) groups is 2. The Balaban J connectivity index is 1.94. The van der Waals surface area contributed by atoms with Crippen molar-refractivity contribution in [3.8, 4) is 5.75 Å². The van der Waals surface area contributed by atoms with Crippen LogP contribution in [-0.2, 0) is 0 Å². The second-order valence-corrected chi connectivity index (χ2v) is 8.88. The molecule has 2 aromatic carbocycles. The van der Waals surface area contributed by atoms with Crippen LogP contribution in [0.1, 0.15) is 73.1 Å². The molecule has 0 aliphatic heterocycles. The lowest BCUT2D eigenvalue weighted by Gasteiger charge is -2.14. The Hall–Kier alpha value is -2.45. The summed E-state index contributed by atoms with van der Waals surface area (Å²) in [5, 5.41) is 8.62. The zero-order chi connectivity index (χ0) is 24.1. The highest BCUT2D eigenvalue weighted by Crippen LogP contribution is 2.26. The maximum absolute atomic E-state index is 12.7. The summed E-state index contributed by atoms with van der Waals surface area (Å²) >= 11 is 8.78. The van der Waals surface area contributed by atoms with E-state index in [4.69, 9.17) is 17.0 Å². The zero-order valence-electron chi connectivity index (χ0n) is 19.2. The molecule has 33 heavy (non-hydrogen) atoms. The number of amides is 2. The van der Waals surface area contributed by atoms with Crippen molar-refractivity contribution >= 4 is 50.8 Å². The molecular weight excluding hydrogens is 502 g/mol. The number of rotatable bonds is 12. The van der Waals surface area contributed by atoms with Crippen molar-refractivity contribution in [2.45, 2.75) is 52.4 Å². The van der Waals surface area contributed by atoms with E-state index in [1.165, 1.54) is 12.8 Å². The van der Waals surface area contributed by atoms with Gasteiger partial charge in [-0.2, -0.15) is 0 Å². The average molecular weight is 535 g/mol. The van der Waals surface area contributed by atoms with Crippen LogP contribution >= 0.6 is 28.1 Å². The van der Waals surface area contributed by atoms with Crippen molar-refractivity contribution in [3.63, 3.8) is 0 Å². The molecule has 0 radical (unpaired) electrons. The molecule has 0 atom stereocenters. The van der Waals surface area contributed by atoms with E-state index in [9.17, 15) is 9.59 Å². The fourth-order valence-electron chi connectivity index (χ4n) is 3.06. The zero-order valence-corrected chi connectivity index (χ0v) is 21.6. The first-order chi connectivity index (χ1) is 16.0. The Morgan fingerprint density at radius 1 is 0.970 bits per heavy atom. The van der Waals surface area contributed by atoms with E-state index >= 15 is 0 Å². The van der Waals surface area contributed by atoms with Gasteiger partial charge in [0.2, 0.25) is 0 Å². The van der Waals surface area contributed by atoms with Gasteiger partial charge in [0.25, 0.3) is 11.8 Å². The third kappa shape index (κ3) is 9.14. The lowest BCUT2D eigenvalue weighted by atomic mass is 10.1. The standard InChI is InChI=1S/C25H32BrN3O3S/c1-3-5-7-10-16-32-22-14-13-18(17-20(22)26)23(30)29-25(33)28-21-12-9-8-11-19(21)24(31)27-15-6-4-2/h8-9,11-14,17H,3-7,10,15-16H2,1-2H3,(H,27,31)(H2,28,29,30,33). The summed E-state index contributed by atoms with van der Waals surface area (Å²) in [5.41, 5.74) is 1.44. The molecule has 2 rings (SSSR count). The normalized spacial score (nSPS) is 10.4. The van der Waals surface area contributed by atoms with Gasteiger partial charge in [-0.1, -0.05) is 51.7 Å². The highest BCUT2D eigenvalue weighted by atomic mass is 79.9. The molecule has 0 aromatic heterocycles. The van der Waals surface area contributed by atoms with Gasteiger partial charge in [-0.25, -0.2) is 0 Å². The maximum Gasteiger partial charge on any atom is 0.257 e. The number of ether oxygens (including phenoxy) is 1. The fourth-order valence-corrected chi connectivity index (χ4v) is 3.76. The van der Waals surface area contributed by atoms with Crippen molar-refractivity contribution < 1.29 is 14.3 Å². The molecule has 178 valence electrons. The second-order valence-electron chi connectivity index (χ2n) is 7.62. The number of hydrogen-bond acceptors (Lipinski definition) is 4. The third-order valence-corrected chi connectivity index (χ3v) is 5.74. The molecule has 8 heteroatoms. The van der Waals surface area contributed by atoms with Crippen molar-refractivity contribution in [1.82, 2.24) is 10.6 Å². The predicted octanol–water partition coefficient (Wildman–Crippen LogP) is 6.06. The van der Waals surface area contributed by atoms with Gasteiger partial charge >= 0.3 is 0 Å². The molecule has 3 N–H and O–H groups in total. The summed E-state index contributed by atoms with van der Waals surface area (Å²) in [6, 6.07) is 12.2. The van der Waals surface area contributed by atoms with E-state index < -0.39 is 0 Å². The summed E-state index contributed by atoms with van der Waals surface area (Å²) in [5.74, 6) is 0.161. The molecule has 0 saturated carbocycles. The monoisotopic (exact) mass is 533 g/mol. The van der Waals surface area contributed by atoms with E-state index in [1.54, 1.807) is 42.5 Å². The van der Waals surface area contributed by atoms with Crippen LogP contribution in [0, 0.1) is 0 Å². The van der Waals surface area contributed by atoms with Gasteiger partial charge in [0, 0.05) is 12.1 Å². The molecule has 2 amide bonds. The second kappa shape index (κ2) is 14.6. The summed E-state index contributed by atoms with van der Waals surface area (Å²) in [7, 11) is 0. The number of benzene rings is 2. The Bertz CT molecular complexity index is 952. The number of carbonyl (C=O) groups excluding carboxylic acids is 2. The van der Waals surface area contributed by atoms with E-state index in [-0.39, 0.29) is 16.9 Å². The molecule has 0 fully saturated rings. The van der Waals surface area contributed by atoms with Crippen LogP contribution in [0.15, 0.2) is 46.9 Å². The first-order valence-corrected chi connectivity index (χ1v) is 12.6.